The maximum Gasteiger partial charge on any atom is 0.0976 e. The SMILES string of the molecule is CC1=C(O)C(C)C(C)(C)N(CCO)C1(C)C. The van der Waals surface area contributed by atoms with Crippen molar-refractivity contribution in [1.29, 1.82) is 0 Å². The molecule has 1 aliphatic heterocycles. The molecule has 0 bridgehead atoms. The average molecular weight is 227 g/mol. The van der Waals surface area contributed by atoms with Crippen LogP contribution in [-0.4, -0.2) is 39.3 Å². The fraction of sp³-hybridized carbons (Fsp3) is 0.846. The summed E-state index contributed by atoms with van der Waals surface area (Å²) in [4.78, 5) is 2.28. The first kappa shape index (κ1) is 13.5. The van der Waals surface area contributed by atoms with Gasteiger partial charge in [0.25, 0.3) is 0 Å². The van der Waals surface area contributed by atoms with E-state index in [1.165, 1.54) is 0 Å². The van der Waals surface area contributed by atoms with Crippen LogP contribution in [0.3, 0.4) is 0 Å². The van der Waals surface area contributed by atoms with Gasteiger partial charge in [0.2, 0.25) is 0 Å². The van der Waals surface area contributed by atoms with Gasteiger partial charge in [-0.15, -0.1) is 0 Å². The van der Waals surface area contributed by atoms with Gasteiger partial charge in [0, 0.05) is 23.5 Å². The zero-order valence-electron chi connectivity index (χ0n) is 11.3. The first-order valence-corrected chi connectivity index (χ1v) is 5.96. The second-order valence-corrected chi connectivity index (χ2v) is 5.82. The highest BCUT2D eigenvalue weighted by Crippen LogP contribution is 2.43. The molecule has 1 heterocycles. The van der Waals surface area contributed by atoms with E-state index in [4.69, 9.17) is 0 Å². The lowest BCUT2D eigenvalue weighted by Crippen LogP contribution is -2.63. The summed E-state index contributed by atoms with van der Waals surface area (Å²) in [6.45, 7) is 13.2. The molecule has 0 fully saturated rings. The Labute approximate surface area is 98.8 Å². The van der Waals surface area contributed by atoms with E-state index in [0.717, 1.165) is 5.57 Å². The molecule has 2 N–H and O–H groups in total. The lowest BCUT2D eigenvalue weighted by Gasteiger charge is -2.55. The molecule has 0 amide bonds. The van der Waals surface area contributed by atoms with E-state index in [9.17, 15) is 10.2 Å². The first-order valence-electron chi connectivity index (χ1n) is 5.96. The van der Waals surface area contributed by atoms with Crippen LogP contribution < -0.4 is 0 Å². The van der Waals surface area contributed by atoms with Crippen molar-refractivity contribution in [3.63, 3.8) is 0 Å². The predicted molar refractivity (Wildman–Crippen MR) is 66.4 cm³/mol. The van der Waals surface area contributed by atoms with Gasteiger partial charge in [-0.25, -0.2) is 0 Å². The van der Waals surface area contributed by atoms with Crippen LogP contribution in [-0.2, 0) is 0 Å². The summed E-state index contributed by atoms with van der Waals surface area (Å²) in [7, 11) is 0. The molecule has 0 aromatic carbocycles. The third-order valence-corrected chi connectivity index (χ3v) is 4.47. The lowest BCUT2D eigenvalue weighted by atomic mass is 9.73. The van der Waals surface area contributed by atoms with Crippen LogP contribution in [0.25, 0.3) is 0 Å². The number of aliphatic hydroxyl groups is 2. The topological polar surface area (TPSA) is 43.7 Å². The summed E-state index contributed by atoms with van der Waals surface area (Å²) in [5.41, 5.74) is 0.659. The summed E-state index contributed by atoms with van der Waals surface area (Å²) >= 11 is 0. The van der Waals surface area contributed by atoms with Crippen LogP contribution in [0.1, 0.15) is 41.5 Å². The third-order valence-electron chi connectivity index (χ3n) is 4.47. The number of aliphatic hydroxyl groups excluding tert-OH is 2. The van der Waals surface area contributed by atoms with E-state index in [2.05, 4.69) is 32.6 Å². The Bertz CT molecular complexity index is 305. The van der Waals surface area contributed by atoms with Gasteiger partial charge in [-0.1, -0.05) is 6.92 Å². The summed E-state index contributed by atoms with van der Waals surface area (Å²) in [6, 6.07) is 0. The van der Waals surface area contributed by atoms with E-state index in [0.29, 0.717) is 12.3 Å². The minimum atomic E-state index is -0.206. The van der Waals surface area contributed by atoms with Crippen LogP contribution in [0.2, 0.25) is 0 Å². The maximum absolute atomic E-state index is 10.2. The molecule has 1 rings (SSSR count). The van der Waals surface area contributed by atoms with Crippen molar-refractivity contribution in [3.8, 4) is 0 Å². The quantitative estimate of drug-likeness (QED) is 0.761. The van der Waals surface area contributed by atoms with Gasteiger partial charge in [-0.3, -0.25) is 4.90 Å². The van der Waals surface area contributed by atoms with Crippen molar-refractivity contribution in [2.75, 3.05) is 13.2 Å². The highest BCUT2D eigenvalue weighted by atomic mass is 16.3. The predicted octanol–water partition coefficient (Wildman–Crippen LogP) is 2.32. The molecular formula is C13H25NO2. The van der Waals surface area contributed by atoms with Crippen molar-refractivity contribution in [2.45, 2.75) is 52.6 Å². The molecule has 0 spiro atoms. The van der Waals surface area contributed by atoms with E-state index in [-0.39, 0.29) is 23.6 Å². The van der Waals surface area contributed by atoms with Gasteiger partial charge in [-0.05, 0) is 40.2 Å². The molecule has 16 heavy (non-hydrogen) atoms. The minimum Gasteiger partial charge on any atom is -0.512 e. The van der Waals surface area contributed by atoms with Crippen LogP contribution in [0.15, 0.2) is 11.3 Å². The summed E-state index contributed by atoms with van der Waals surface area (Å²) in [5.74, 6) is 0.594. The van der Waals surface area contributed by atoms with Crippen molar-refractivity contribution in [1.82, 2.24) is 4.90 Å². The molecule has 94 valence electrons. The molecular weight excluding hydrogens is 202 g/mol. The summed E-state index contributed by atoms with van der Waals surface area (Å²) < 4.78 is 0. The molecule has 3 heteroatoms. The van der Waals surface area contributed by atoms with Gasteiger partial charge in [0.1, 0.15) is 0 Å². The van der Waals surface area contributed by atoms with Gasteiger partial charge >= 0.3 is 0 Å². The van der Waals surface area contributed by atoms with Crippen LogP contribution in [0.5, 0.6) is 0 Å². The van der Waals surface area contributed by atoms with Gasteiger partial charge in [-0.2, -0.15) is 0 Å². The van der Waals surface area contributed by atoms with Gasteiger partial charge < -0.3 is 10.2 Å². The van der Waals surface area contributed by atoms with Crippen molar-refractivity contribution in [2.24, 2.45) is 5.92 Å². The smallest absolute Gasteiger partial charge is 0.0976 e. The van der Waals surface area contributed by atoms with Crippen LogP contribution in [0.4, 0.5) is 0 Å². The molecule has 0 radical (unpaired) electrons. The standard InChI is InChI=1S/C13H25NO2/c1-9-11(16)10(2)13(5,6)14(7-8-15)12(9,3)4/h9,15-16H,7-8H2,1-6H3. The Morgan fingerprint density at radius 3 is 2.19 bits per heavy atom. The fourth-order valence-electron chi connectivity index (χ4n) is 2.80. The van der Waals surface area contributed by atoms with E-state index in [1.54, 1.807) is 0 Å². The van der Waals surface area contributed by atoms with Crippen LogP contribution >= 0.6 is 0 Å². The zero-order valence-corrected chi connectivity index (χ0v) is 11.3. The highest BCUT2D eigenvalue weighted by molar-refractivity contribution is 5.28. The minimum absolute atomic E-state index is 0.0899. The number of rotatable bonds is 2. The van der Waals surface area contributed by atoms with Crippen molar-refractivity contribution < 1.29 is 10.2 Å². The largest absolute Gasteiger partial charge is 0.512 e. The molecule has 1 unspecified atom stereocenters. The Morgan fingerprint density at radius 2 is 1.75 bits per heavy atom. The van der Waals surface area contributed by atoms with Crippen molar-refractivity contribution in [3.05, 3.63) is 11.3 Å². The van der Waals surface area contributed by atoms with Gasteiger partial charge in [0.15, 0.2) is 0 Å². The number of hydrogen-bond acceptors (Lipinski definition) is 3. The molecule has 1 atom stereocenters. The second-order valence-electron chi connectivity index (χ2n) is 5.82. The molecule has 1 aliphatic rings. The van der Waals surface area contributed by atoms with Crippen LogP contribution in [0, 0.1) is 5.92 Å². The highest BCUT2D eigenvalue weighted by Gasteiger charge is 2.48. The van der Waals surface area contributed by atoms with E-state index < -0.39 is 0 Å². The molecule has 0 saturated carbocycles. The normalized spacial score (nSPS) is 29.6. The summed E-state index contributed by atoms with van der Waals surface area (Å²) in [5, 5.41) is 19.4. The molecule has 0 aromatic rings. The Morgan fingerprint density at radius 1 is 1.25 bits per heavy atom. The average Bonchev–Trinajstić information content (AvgIpc) is 2.20. The maximum atomic E-state index is 10.2. The number of β-amino-alcohol motifs (C(OH)–C–C–N with tert-alkyl or cyclic N) is 1. The Kier molecular flexibility index (Phi) is 3.42. The zero-order chi connectivity index (χ0) is 12.7. The monoisotopic (exact) mass is 227 g/mol. The Hall–Kier alpha value is -0.540. The first-order chi connectivity index (χ1) is 7.17. The van der Waals surface area contributed by atoms with E-state index in [1.807, 2.05) is 13.8 Å². The number of nitrogens with zero attached hydrogens (tertiary/aromatic N) is 1. The lowest BCUT2D eigenvalue weighted by molar-refractivity contribution is -0.0308. The number of hydrogen-bond donors (Lipinski definition) is 2. The second kappa shape index (κ2) is 4.04. The van der Waals surface area contributed by atoms with E-state index >= 15 is 0 Å². The molecule has 0 aromatic heterocycles. The molecule has 3 nitrogen and oxygen atoms in total. The Balaban J connectivity index is 3.28. The summed E-state index contributed by atoms with van der Waals surface area (Å²) in [6.07, 6.45) is 0. The van der Waals surface area contributed by atoms with Crippen molar-refractivity contribution >= 4 is 0 Å². The fourth-order valence-corrected chi connectivity index (χ4v) is 2.80. The van der Waals surface area contributed by atoms with Gasteiger partial charge in [0.05, 0.1) is 12.4 Å². The molecule has 0 aliphatic carbocycles. The third kappa shape index (κ3) is 1.76. The molecule has 0 saturated heterocycles.